The molecule has 0 unspecified atom stereocenters. The summed E-state index contributed by atoms with van der Waals surface area (Å²) >= 11 is 0. The first-order chi connectivity index (χ1) is 6.32. The van der Waals surface area contributed by atoms with Gasteiger partial charge in [0.2, 0.25) is 0 Å². The zero-order chi connectivity index (χ0) is 11.0. The molecule has 0 amide bonds. The zero-order valence-electron chi connectivity index (χ0n) is 8.98. The first-order valence-corrected chi connectivity index (χ1v) is 4.53. The second-order valence-corrected chi connectivity index (χ2v) is 4.57. The lowest BCUT2D eigenvalue weighted by atomic mass is 9.97. The fourth-order valence-electron chi connectivity index (χ4n) is 1.86. The van der Waals surface area contributed by atoms with Gasteiger partial charge in [-0.05, 0) is 38.8 Å². The summed E-state index contributed by atoms with van der Waals surface area (Å²) in [4.78, 5) is 2.70. The van der Waals surface area contributed by atoms with Gasteiger partial charge in [-0.3, -0.25) is 0 Å². The van der Waals surface area contributed by atoms with Crippen molar-refractivity contribution < 1.29 is 5.21 Å². The number of hydroxylamine groups is 2. The molecule has 1 rings (SSSR count). The van der Waals surface area contributed by atoms with Crippen LogP contribution in [0, 0.1) is 0 Å². The van der Waals surface area contributed by atoms with E-state index in [1.807, 2.05) is 33.8 Å². The van der Waals surface area contributed by atoms with Gasteiger partial charge in [-0.2, -0.15) is 0 Å². The number of hydrogen-bond acceptors (Lipinski definition) is 2. The maximum Gasteiger partial charge on any atom is 0.0657 e. The normalized spacial score (nSPS) is 24.2. The summed E-state index contributed by atoms with van der Waals surface area (Å²) in [5.41, 5.74) is 8.03. The van der Waals surface area contributed by atoms with E-state index in [1.54, 1.807) is 0 Å². The van der Waals surface area contributed by atoms with Crippen molar-refractivity contribution in [3.8, 4) is 0 Å². The molecule has 1 heterocycles. The Morgan fingerprint density at radius 2 is 2.07 bits per heavy atom. The number of nitrogens with zero attached hydrogens (tertiary/aromatic N) is 4. The molecule has 0 spiro atoms. The van der Waals surface area contributed by atoms with Crippen molar-refractivity contribution in [1.82, 2.24) is 5.06 Å². The Bertz CT molecular complexity index is 313. The van der Waals surface area contributed by atoms with Crippen LogP contribution in [0.3, 0.4) is 0 Å². The van der Waals surface area contributed by atoms with Crippen LogP contribution in [-0.2, 0) is 5.21 Å². The fourth-order valence-corrected chi connectivity index (χ4v) is 1.86. The van der Waals surface area contributed by atoms with Crippen LogP contribution >= 0.6 is 0 Å². The van der Waals surface area contributed by atoms with Crippen LogP contribution in [-0.4, -0.2) is 22.7 Å². The van der Waals surface area contributed by atoms with E-state index >= 15 is 0 Å². The molecule has 0 N–H and O–H groups in total. The first-order valence-electron chi connectivity index (χ1n) is 4.53. The fraction of sp³-hybridized carbons (Fsp3) is 0.778. The van der Waals surface area contributed by atoms with Gasteiger partial charge in [0.1, 0.15) is 0 Å². The summed E-state index contributed by atoms with van der Waals surface area (Å²) < 4.78 is 0. The first kappa shape index (κ1) is 11.0. The van der Waals surface area contributed by atoms with Gasteiger partial charge in [-0.25, -0.2) is 0 Å². The minimum Gasteiger partial charge on any atom is -0.136 e. The molecule has 5 nitrogen and oxygen atoms in total. The van der Waals surface area contributed by atoms with Crippen LogP contribution in [0.25, 0.3) is 10.4 Å². The van der Waals surface area contributed by atoms with E-state index in [0.29, 0.717) is 0 Å². The minimum absolute atomic E-state index is 0.270. The van der Waals surface area contributed by atoms with E-state index < -0.39 is 11.1 Å². The molecule has 0 aromatic rings. The molecule has 77 valence electrons. The van der Waals surface area contributed by atoms with Gasteiger partial charge in [0.15, 0.2) is 0 Å². The van der Waals surface area contributed by atoms with Crippen molar-refractivity contribution >= 4 is 0 Å². The van der Waals surface area contributed by atoms with Gasteiger partial charge in [0, 0.05) is 11.5 Å². The molecule has 0 fully saturated rings. The van der Waals surface area contributed by atoms with Crippen LogP contribution < -0.4 is 0 Å². The van der Waals surface area contributed by atoms with Gasteiger partial charge in [0.05, 0.1) is 11.1 Å². The van der Waals surface area contributed by atoms with Crippen LogP contribution in [0.4, 0.5) is 0 Å². The molecule has 0 atom stereocenters. The number of azide groups is 1. The molecule has 0 aromatic carbocycles. The SMILES string of the molecule is CC1(C)C=C(CN=[N+]=[N-])C(C)(C)N1[O]. The minimum atomic E-state index is -0.572. The average Bonchev–Trinajstić information content (AvgIpc) is 2.23. The van der Waals surface area contributed by atoms with Crippen molar-refractivity contribution in [3.05, 3.63) is 22.1 Å². The standard InChI is InChI=1S/C9H15N4O/c1-8(2)5-7(6-11-12-10)9(3,4)13(8)14/h5H,6H2,1-4H3. The topological polar surface area (TPSA) is 71.9 Å². The molecule has 0 saturated heterocycles. The molecule has 5 heteroatoms. The second kappa shape index (κ2) is 3.28. The molecule has 1 aliphatic heterocycles. The van der Waals surface area contributed by atoms with Crippen LogP contribution in [0.5, 0.6) is 0 Å². The third-order valence-electron chi connectivity index (χ3n) is 2.65. The highest BCUT2D eigenvalue weighted by Crippen LogP contribution is 2.38. The second-order valence-electron chi connectivity index (χ2n) is 4.57. The van der Waals surface area contributed by atoms with Gasteiger partial charge in [-0.1, -0.05) is 11.2 Å². The lowest BCUT2D eigenvalue weighted by molar-refractivity contribution is -0.238. The molecule has 1 aliphatic rings. The maximum atomic E-state index is 11.9. The predicted octanol–water partition coefficient (Wildman–Crippen LogP) is 2.44. The maximum absolute atomic E-state index is 11.9. The highest BCUT2D eigenvalue weighted by molar-refractivity contribution is 5.30. The monoisotopic (exact) mass is 195 g/mol. The molecule has 0 aliphatic carbocycles. The lowest BCUT2D eigenvalue weighted by Crippen LogP contribution is -2.47. The highest BCUT2D eigenvalue weighted by Gasteiger charge is 2.45. The van der Waals surface area contributed by atoms with E-state index in [0.717, 1.165) is 10.6 Å². The van der Waals surface area contributed by atoms with Crippen molar-refractivity contribution in [3.63, 3.8) is 0 Å². The summed E-state index contributed by atoms with van der Waals surface area (Å²) in [6.07, 6.45) is 1.88. The molecule has 0 aromatic heterocycles. The van der Waals surface area contributed by atoms with E-state index in [4.69, 9.17) is 5.53 Å². The van der Waals surface area contributed by atoms with Crippen molar-refractivity contribution in [2.45, 2.75) is 38.8 Å². The predicted molar refractivity (Wildman–Crippen MR) is 52.8 cm³/mol. The van der Waals surface area contributed by atoms with Gasteiger partial charge >= 0.3 is 0 Å². The van der Waals surface area contributed by atoms with E-state index in [-0.39, 0.29) is 6.54 Å². The Hall–Kier alpha value is -1.03. The summed E-state index contributed by atoms with van der Waals surface area (Å²) in [5, 5.41) is 16.4. The summed E-state index contributed by atoms with van der Waals surface area (Å²) in [7, 11) is 0. The molecule has 0 bridgehead atoms. The Morgan fingerprint density at radius 1 is 1.50 bits per heavy atom. The molecule has 0 saturated carbocycles. The highest BCUT2D eigenvalue weighted by atomic mass is 16.5. The van der Waals surface area contributed by atoms with Crippen LogP contribution in [0.15, 0.2) is 16.8 Å². The summed E-state index contributed by atoms with van der Waals surface area (Å²) in [6, 6.07) is 0. The Labute approximate surface area is 83.6 Å². The summed E-state index contributed by atoms with van der Waals surface area (Å²) in [5.74, 6) is 0. The summed E-state index contributed by atoms with van der Waals surface area (Å²) in [6.45, 7) is 7.66. The Kier molecular flexibility index (Phi) is 2.58. The Balaban J connectivity index is 3.00. The zero-order valence-corrected chi connectivity index (χ0v) is 8.98. The molecular formula is C9H15N4O. The molecule has 14 heavy (non-hydrogen) atoms. The lowest BCUT2D eigenvalue weighted by Gasteiger charge is -2.33. The van der Waals surface area contributed by atoms with Gasteiger partial charge in [-0.15, -0.1) is 10.3 Å². The number of hydrogen-bond donors (Lipinski definition) is 0. The van der Waals surface area contributed by atoms with Gasteiger partial charge in [0.25, 0.3) is 0 Å². The largest absolute Gasteiger partial charge is 0.136 e. The van der Waals surface area contributed by atoms with Crippen molar-refractivity contribution in [2.75, 3.05) is 6.54 Å². The van der Waals surface area contributed by atoms with E-state index in [9.17, 15) is 5.21 Å². The van der Waals surface area contributed by atoms with Gasteiger partial charge < -0.3 is 0 Å². The van der Waals surface area contributed by atoms with Crippen LogP contribution in [0.1, 0.15) is 27.7 Å². The third kappa shape index (κ3) is 1.62. The van der Waals surface area contributed by atoms with Crippen molar-refractivity contribution in [2.24, 2.45) is 5.11 Å². The Morgan fingerprint density at radius 3 is 2.43 bits per heavy atom. The quantitative estimate of drug-likeness (QED) is 0.288. The molecule has 1 radical (unpaired) electrons. The van der Waals surface area contributed by atoms with E-state index in [1.165, 1.54) is 0 Å². The van der Waals surface area contributed by atoms with E-state index in [2.05, 4.69) is 10.0 Å². The van der Waals surface area contributed by atoms with Crippen molar-refractivity contribution in [1.29, 1.82) is 0 Å². The van der Waals surface area contributed by atoms with Crippen LogP contribution in [0.2, 0.25) is 0 Å². The molecular weight excluding hydrogens is 180 g/mol. The smallest absolute Gasteiger partial charge is 0.0657 e. The average molecular weight is 195 g/mol. The number of rotatable bonds is 2. The third-order valence-corrected chi connectivity index (χ3v) is 2.65.